The van der Waals surface area contributed by atoms with Gasteiger partial charge in [0, 0.05) is 48.4 Å². The highest BCUT2D eigenvalue weighted by Gasteiger charge is 2.64. The first kappa shape index (κ1) is 28.0. The smallest absolute Gasteiger partial charge is 0.245 e. The van der Waals surface area contributed by atoms with Crippen molar-refractivity contribution in [3.63, 3.8) is 0 Å². The Kier molecular flexibility index (Phi) is 6.84. The van der Waals surface area contributed by atoms with E-state index >= 15 is 0 Å². The lowest BCUT2D eigenvalue weighted by atomic mass is 10.0. The molecule has 0 bridgehead atoms. The van der Waals surface area contributed by atoms with Gasteiger partial charge in [0.1, 0.15) is 29.9 Å². The van der Waals surface area contributed by atoms with Gasteiger partial charge in [0.15, 0.2) is 5.78 Å². The Balaban J connectivity index is 1.28. The zero-order valence-corrected chi connectivity index (χ0v) is 24.5. The van der Waals surface area contributed by atoms with Crippen molar-refractivity contribution in [3.05, 3.63) is 76.2 Å². The Morgan fingerprint density at radius 2 is 1.86 bits per heavy atom. The number of halogens is 2. The van der Waals surface area contributed by atoms with Gasteiger partial charge in [0.05, 0.1) is 10.5 Å². The van der Waals surface area contributed by atoms with Crippen LogP contribution < -0.4 is 5.32 Å². The van der Waals surface area contributed by atoms with Gasteiger partial charge in [-0.05, 0) is 61.4 Å². The van der Waals surface area contributed by atoms with Crippen LogP contribution in [0.3, 0.4) is 0 Å². The number of fused-ring (bicyclic) bond motifs is 2. The van der Waals surface area contributed by atoms with Crippen molar-refractivity contribution in [3.8, 4) is 11.1 Å². The fourth-order valence-electron chi connectivity index (χ4n) is 6.17. The molecule has 4 aromatic rings. The van der Waals surface area contributed by atoms with Crippen molar-refractivity contribution in [2.24, 2.45) is 5.41 Å². The molecular weight excluding hydrogens is 559 g/mol. The minimum atomic E-state index is -0.688. The number of nitrogens with one attached hydrogen (secondary N) is 1. The van der Waals surface area contributed by atoms with Crippen LogP contribution in [0.5, 0.6) is 0 Å². The summed E-state index contributed by atoms with van der Waals surface area (Å²) < 4.78 is 15.9. The van der Waals surface area contributed by atoms with Gasteiger partial charge in [-0.25, -0.2) is 14.4 Å². The molecule has 1 saturated heterocycles. The van der Waals surface area contributed by atoms with E-state index in [2.05, 4.69) is 27.3 Å². The van der Waals surface area contributed by atoms with Crippen LogP contribution in [0.25, 0.3) is 22.0 Å². The number of nitrogens with zero attached hydrogens (tertiary/aromatic N) is 5. The van der Waals surface area contributed by atoms with E-state index < -0.39 is 11.9 Å². The average Bonchev–Trinajstić information content (AvgIpc) is 3.30. The van der Waals surface area contributed by atoms with E-state index in [1.165, 1.54) is 13.0 Å². The maximum absolute atomic E-state index is 14.4. The number of carbonyl (C=O) groups excluding carboxylic acids is 3. The molecule has 11 heteroatoms. The van der Waals surface area contributed by atoms with Crippen LogP contribution in [0.4, 0.5) is 4.39 Å². The fourth-order valence-corrected chi connectivity index (χ4v) is 6.36. The van der Waals surface area contributed by atoms with Gasteiger partial charge in [-0.1, -0.05) is 30.7 Å². The molecule has 1 unspecified atom stereocenters. The number of amides is 2. The van der Waals surface area contributed by atoms with Gasteiger partial charge in [0.2, 0.25) is 11.8 Å². The number of aromatic nitrogens is 4. The van der Waals surface area contributed by atoms with Gasteiger partial charge < -0.3 is 10.2 Å². The summed E-state index contributed by atoms with van der Waals surface area (Å²) in [7, 11) is 0. The molecule has 216 valence electrons. The third kappa shape index (κ3) is 4.83. The van der Waals surface area contributed by atoms with E-state index in [-0.39, 0.29) is 58.4 Å². The van der Waals surface area contributed by atoms with Crippen molar-refractivity contribution in [2.75, 3.05) is 0 Å². The highest BCUT2D eigenvalue weighted by atomic mass is 35.5. The molecule has 42 heavy (non-hydrogen) atoms. The first-order valence-electron chi connectivity index (χ1n) is 13.8. The summed E-state index contributed by atoms with van der Waals surface area (Å²) in [6.07, 6.45) is 4.80. The fraction of sp³-hybridized carbons (Fsp3) is 0.355. The molecule has 2 aliphatic rings. The number of benzene rings is 2. The van der Waals surface area contributed by atoms with Crippen LogP contribution in [0.15, 0.2) is 42.7 Å². The number of ketones is 1. The summed E-state index contributed by atoms with van der Waals surface area (Å²) in [5.74, 6) is -0.736. The van der Waals surface area contributed by atoms with E-state index in [9.17, 15) is 18.8 Å². The molecule has 1 aliphatic carbocycles. The van der Waals surface area contributed by atoms with Crippen molar-refractivity contribution in [2.45, 2.75) is 65.7 Å². The number of aryl methyl sites for hydroxylation is 2. The largest absolute Gasteiger partial charge is 0.350 e. The predicted molar refractivity (Wildman–Crippen MR) is 155 cm³/mol. The predicted octanol–water partition coefficient (Wildman–Crippen LogP) is 4.80. The Labute approximate surface area is 247 Å². The highest BCUT2D eigenvalue weighted by Crippen LogP contribution is 2.59. The molecule has 2 fully saturated rings. The number of hydrogen-bond donors (Lipinski definition) is 1. The SMILES string of the molecule is CC(=O)c1nn(CC(=O)N2C3C[C@]3(C)C[C@H]2C(=O)NCc2cccc(Cl)c2F)c2c(C)cc(-c3cnc(C)nc3)cc12. The Hall–Kier alpha value is -4.18. The van der Waals surface area contributed by atoms with Crippen LogP contribution in [-0.4, -0.2) is 54.3 Å². The van der Waals surface area contributed by atoms with Crippen molar-refractivity contribution >= 4 is 40.1 Å². The first-order valence-corrected chi connectivity index (χ1v) is 14.2. The molecule has 1 N–H and O–H groups in total. The summed E-state index contributed by atoms with van der Waals surface area (Å²) in [5, 5.41) is 7.98. The molecule has 3 atom stereocenters. The first-order chi connectivity index (χ1) is 20.0. The van der Waals surface area contributed by atoms with Crippen molar-refractivity contribution < 1.29 is 18.8 Å². The molecule has 0 spiro atoms. The van der Waals surface area contributed by atoms with Gasteiger partial charge in [-0.2, -0.15) is 5.10 Å². The maximum Gasteiger partial charge on any atom is 0.245 e. The molecule has 1 aliphatic heterocycles. The van der Waals surface area contributed by atoms with Gasteiger partial charge in [-0.15, -0.1) is 0 Å². The third-order valence-corrected chi connectivity index (χ3v) is 8.77. The zero-order chi connectivity index (χ0) is 29.9. The topological polar surface area (TPSA) is 110 Å². The quantitative estimate of drug-likeness (QED) is 0.311. The molecule has 2 amide bonds. The van der Waals surface area contributed by atoms with Gasteiger partial charge in [-0.3, -0.25) is 19.1 Å². The lowest BCUT2D eigenvalue weighted by Gasteiger charge is -2.27. The Morgan fingerprint density at radius 1 is 1.12 bits per heavy atom. The molecule has 0 radical (unpaired) electrons. The highest BCUT2D eigenvalue weighted by molar-refractivity contribution is 6.30. The van der Waals surface area contributed by atoms with Crippen molar-refractivity contribution in [1.82, 2.24) is 30.0 Å². The minimum absolute atomic E-state index is 0.0147. The van der Waals surface area contributed by atoms with E-state index in [1.807, 2.05) is 26.0 Å². The molecule has 2 aromatic carbocycles. The second-order valence-corrected chi connectivity index (χ2v) is 12.0. The van der Waals surface area contributed by atoms with Crippen LogP contribution in [0.1, 0.15) is 54.1 Å². The summed E-state index contributed by atoms with van der Waals surface area (Å²) in [5.41, 5.74) is 3.57. The third-order valence-electron chi connectivity index (χ3n) is 8.48. The number of carbonyl (C=O) groups is 3. The lowest BCUT2D eigenvalue weighted by molar-refractivity contribution is -0.140. The number of Topliss-reactive ketones (excluding diaryl/α,β-unsaturated/α-hetero) is 1. The molecule has 6 rings (SSSR count). The number of piperidine rings is 1. The normalized spacial score (nSPS) is 21.0. The maximum atomic E-state index is 14.4. The van der Waals surface area contributed by atoms with E-state index in [0.29, 0.717) is 23.1 Å². The van der Waals surface area contributed by atoms with Crippen LogP contribution in [0.2, 0.25) is 5.02 Å². The van der Waals surface area contributed by atoms with E-state index in [0.717, 1.165) is 23.1 Å². The molecular formula is C31H30ClFN6O3. The minimum Gasteiger partial charge on any atom is -0.350 e. The standard InChI is InChI=1S/C31H30ClFN6O3/c1-16-8-20(21-13-34-18(3)35-14-21)9-22-28(17(2)40)37-38(29(16)22)15-26(41)39-24(10-31(4)11-25(31)39)30(42)36-12-19-6-5-7-23(32)27(19)33/h5-9,13-14,24-25H,10-12,15H2,1-4H3,(H,36,42)/t24-,25?,31-/m0/s1. The zero-order valence-electron chi connectivity index (χ0n) is 23.7. The van der Waals surface area contributed by atoms with Crippen LogP contribution in [0, 0.1) is 25.1 Å². The average molecular weight is 589 g/mol. The summed E-state index contributed by atoms with van der Waals surface area (Å²) in [6, 6.07) is 7.72. The summed E-state index contributed by atoms with van der Waals surface area (Å²) in [4.78, 5) is 50.0. The molecule has 1 saturated carbocycles. The number of likely N-dealkylation sites (tertiary alicyclic amines) is 1. The van der Waals surface area contributed by atoms with E-state index in [1.54, 1.807) is 34.1 Å². The van der Waals surface area contributed by atoms with Gasteiger partial charge >= 0.3 is 0 Å². The second-order valence-electron chi connectivity index (χ2n) is 11.6. The molecule has 9 nitrogen and oxygen atoms in total. The van der Waals surface area contributed by atoms with E-state index in [4.69, 9.17) is 11.6 Å². The van der Waals surface area contributed by atoms with Gasteiger partial charge in [0.25, 0.3) is 0 Å². The Bertz CT molecular complexity index is 1770. The second kappa shape index (κ2) is 10.3. The van der Waals surface area contributed by atoms with Crippen LogP contribution in [-0.2, 0) is 22.7 Å². The number of hydrogen-bond acceptors (Lipinski definition) is 6. The van der Waals surface area contributed by atoms with Crippen molar-refractivity contribution in [1.29, 1.82) is 0 Å². The molecule has 3 heterocycles. The van der Waals surface area contributed by atoms with Crippen LogP contribution >= 0.6 is 11.6 Å². The summed E-state index contributed by atoms with van der Waals surface area (Å²) >= 11 is 5.88. The summed E-state index contributed by atoms with van der Waals surface area (Å²) in [6.45, 7) is 7.07. The number of rotatable bonds is 7. The lowest BCUT2D eigenvalue weighted by Crippen LogP contribution is -2.48. The Morgan fingerprint density at radius 3 is 2.57 bits per heavy atom. The monoisotopic (exact) mass is 588 g/mol. The molecule has 2 aromatic heterocycles.